The Morgan fingerprint density at radius 1 is 1.43 bits per heavy atom. The van der Waals surface area contributed by atoms with E-state index in [4.69, 9.17) is 21.6 Å². The molecule has 0 N–H and O–H groups in total. The third-order valence-corrected chi connectivity index (χ3v) is 4.77. The molecule has 1 aromatic heterocycles. The lowest BCUT2D eigenvalue weighted by Crippen LogP contribution is -2.34. The molecule has 2 rings (SSSR count). The second kappa shape index (κ2) is 9.34. The first kappa shape index (κ1) is 21.4. The second-order valence-corrected chi connectivity index (χ2v) is 6.68. The Labute approximate surface area is 170 Å². The van der Waals surface area contributed by atoms with Crippen LogP contribution in [0, 0.1) is 21.4 Å². The number of rotatable bonds is 7. The molecule has 0 aliphatic heterocycles. The molecule has 0 spiro atoms. The number of carbonyl (C=O) groups is 1. The van der Waals surface area contributed by atoms with E-state index in [0.717, 1.165) is 17.3 Å². The summed E-state index contributed by atoms with van der Waals surface area (Å²) < 4.78 is 4.74. The normalized spacial score (nSPS) is 11.4. The average molecular weight is 422 g/mol. The number of nitrogens with zero attached hydrogens (tertiary/aromatic N) is 5. The smallest absolute Gasteiger partial charge is 0.348 e. The lowest BCUT2D eigenvalue weighted by molar-refractivity contribution is -0.384. The SMILES string of the molecule is COC(=O)CN(c1nc(SC)nc(Cl)c1[N+](=O)[O-])C(C)c1ccc(C#N)cc1. The molecular weight excluding hydrogens is 406 g/mol. The van der Waals surface area contributed by atoms with Crippen molar-refractivity contribution in [2.24, 2.45) is 0 Å². The van der Waals surface area contributed by atoms with E-state index >= 15 is 0 Å². The lowest BCUT2D eigenvalue weighted by Gasteiger charge is -2.29. The molecule has 0 bridgehead atoms. The highest BCUT2D eigenvalue weighted by Gasteiger charge is 2.32. The van der Waals surface area contributed by atoms with Gasteiger partial charge in [0.05, 0.1) is 29.7 Å². The summed E-state index contributed by atoms with van der Waals surface area (Å²) in [4.78, 5) is 32.5. The van der Waals surface area contributed by atoms with Crippen molar-refractivity contribution in [1.29, 1.82) is 5.26 Å². The van der Waals surface area contributed by atoms with Crippen molar-refractivity contribution in [3.05, 3.63) is 50.7 Å². The van der Waals surface area contributed by atoms with Crippen LogP contribution < -0.4 is 4.90 Å². The highest BCUT2D eigenvalue weighted by atomic mass is 35.5. The van der Waals surface area contributed by atoms with Crippen LogP contribution in [0.15, 0.2) is 29.4 Å². The molecule has 1 heterocycles. The lowest BCUT2D eigenvalue weighted by atomic mass is 10.0. The van der Waals surface area contributed by atoms with Gasteiger partial charge in [-0.15, -0.1) is 0 Å². The molecule has 1 aromatic carbocycles. The number of halogens is 1. The summed E-state index contributed by atoms with van der Waals surface area (Å²) in [6.45, 7) is 1.46. The molecular formula is C17H16ClN5O4S. The Morgan fingerprint density at radius 3 is 2.57 bits per heavy atom. The number of thioether (sulfide) groups is 1. The number of hydrogen-bond donors (Lipinski definition) is 0. The maximum atomic E-state index is 12.0. The fraction of sp³-hybridized carbons (Fsp3) is 0.294. The van der Waals surface area contributed by atoms with Crippen molar-refractivity contribution < 1.29 is 14.5 Å². The minimum absolute atomic E-state index is 0.0865. The van der Waals surface area contributed by atoms with Crippen molar-refractivity contribution >= 4 is 40.8 Å². The number of esters is 1. The molecule has 0 saturated heterocycles. The number of ether oxygens (including phenoxy) is 1. The van der Waals surface area contributed by atoms with Crippen LogP contribution in [-0.4, -0.2) is 40.8 Å². The Hall–Kier alpha value is -2.90. The summed E-state index contributed by atoms with van der Waals surface area (Å²) in [6.07, 6.45) is 1.70. The van der Waals surface area contributed by atoms with E-state index in [-0.39, 0.29) is 22.7 Å². The number of aromatic nitrogens is 2. The van der Waals surface area contributed by atoms with Gasteiger partial charge >= 0.3 is 11.7 Å². The molecule has 28 heavy (non-hydrogen) atoms. The molecule has 0 fully saturated rings. The van der Waals surface area contributed by atoms with Crippen molar-refractivity contribution in [1.82, 2.24) is 9.97 Å². The van der Waals surface area contributed by atoms with Gasteiger partial charge in [0.25, 0.3) is 0 Å². The fourth-order valence-corrected chi connectivity index (χ4v) is 3.11. The molecule has 11 heteroatoms. The van der Waals surface area contributed by atoms with Gasteiger partial charge in [0.15, 0.2) is 5.16 Å². The van der Waals surface area contributed by atoms with Gasteiger partial charge in [-0.25, -0.2) is 4.98 Å². The van der Waals surface area contributed by atoms with Crippen LogP contribution in [0.5, 0.6) is 0 Å². The molecule has 2 aromatic rings. The molecule has 1 atom stereocenters. The topological polar surface area (TPSA) is 122 Å². The predicted octanol–water partition coefficient (Wildman–Crippen LogP) is 3.37. The van der Waals surface area contributed by atoms with E-state index in [0.29, 0.717) is 5.56 Å². The highest BCUT2D eigenvalue weighted by Crippen LogP contribution is 2.37. The third-order valence-electron chi connectivity index (χ3n) is 3.96. The number of anilines is 1. The standard InChI is InChI=1S/C17H16ClN5O4S/c1-10(12-6-4-11(8-19)5-7-12)22(9-13(24)27-2)16-14(23(25)26)15(18)20-17(21-16)28-3/h4-7,10H,9H2,1-3H3. The number of methoxy groups -OCH3 is 1. The summed E-state index contributed by atoms with van der Waals surface area (Å²) >= 11 is 7.19. The molecule has 1 unspecified atom stereocenters. The molecule has 9 nitrogen and oxygen atoms in total. The van der Waals surface area contributed by atoms with E-state index in [1.807, 2.05) is 6.07 Å². The maximum absolute atomic E-state index is 12.0. The van der Waals surface area contributed by atoms with Crippen molar-refractivity contribution in [2.45, 2.75) is 18.1 Å². The minimum Gasteiger partial charge on any atom is -0.468 e. The minimum atomic E-state index is -0.683. The van der Waals surface area contributed by atoms with Crippen molar-refractivity contribution in [2.75, 3.05) is 24.8 Å². The quantitative estimate of drug-likeness (QED) is 0.165. The van der Waals surface area contributed by atoms with Crippen LogP contribution in [0.4, 0.5) is 11.5 Å². The van der Waals surface area contributed by atoms with E-state index in [9.17, 15) is 14.9 Å². The Morgan fingerprint density at radius 2 is 2.07 bits per heavy atom. The first-order valence-corrected chi connectivity index (χ1v) is 9.52. The number of carbonyl (C=O) groups excluding carboxylic acids is 1. The summed E-state index contributed by atoms with van der Waals surface area (Å²) in [5.41, 5.74) is 0.692. The fourth-order valence-electron chi connectivity index (χ4n) is 2.46. The van der Waals surface area contributed by atoms with Crippen molar-refractivity contribution in [3.8, 4) is 6.07 Å². The Bertz CT molecular complexity index is 932. The second-order valence-electron chi connectivity index (χ2n) is 5.54. The van der Waals surface area contributed by atoms with Gasteiger partial charge in [0.2, 0.25) is 11.0 Å². The van der Waals surface area contributed by atoms with Crippen LogP contribution in [0.1, 0.15) is 24.1 Å². The molecule has 0 aliphatic rings. The summed E-state index contributed by atoms with van der Waals surface area (Å²) in [7, 11) is 1.22. The van der Waals surface area contributed by atoms with Crippen molar-refractivity contribution in [3.63, 3.8) is 0 Å². The summed E-state index contributed by atoms with van der Waals surface area (Å²) in [5, 5.41) is 20.5. The van der Waals surface area contributed by atoms with Crippen LogP contribution in [0.25, 0.3) is 0 Å². The van der Waals surface area contributed by atoms with E-state index in [1.165, 1.54) is 12.0 Å². The number of nitro groups is 1. The largest absolute Gasteiger partial charge is 0.468 e. The zero-order valence-corrected chi connectivity index (χ0v) is 16.8. The summed E-state index contributed by atoms with van der Waals surface area (Å²) in [5.74, 6) is -0.688. The van der Waals surface area contributed by atoms with Crippen LogP contribution in [0.2, 0.25) is 5.15 Å². The van der Waals surface area contributed by atoms with Gasteiger partial charge in [-0.05, 0) is 30.9 Å². The van der Waals surface area contributed by atoms with Gasteiger partial charge in [0.1, 0.15) is 6.54 Å². The summed E-state index contributed by atoms with van der Waals surface area (Å²) in [6, 6.07) is 8.17. The first-order valence-electron chi connectivity index (χ1n) is 7.91. The monoisotopic (exact) mass is 421 g/mol. The van der Waals surface area contributed by atoms with Gasteiger partial charge in [-0.1, -0.05) is 35.5 Å². The average Bonchev–Trinajstić information content (AvgIpc) is 2.70. The predicted molar refractivity (Wildman–Crippen MR) is 104 cm³/mol. The van der Waals surface area contributed by atoms with E-state index < -0.39 is 22.6 Å². The molecule has 0 amide bonds. The molecule has 0 aliphatic carbocycles. The van der Waals surface area contributed by atoms with Crippen LogP contribution >= 0.6 is 23.4 Å². The molecule has 0 radical (unpaired) electrons. The Kier molecular flexibility index (Phi) is 7.14. The van der Waals surface area contributed by atoms with Gasteiger partial charge in [-0.2, -0.15) is 10.2 Å². The number of hydrogen-bond acceptors (Lipinski definition) is 9. The third kappa shape index (κ3) is 4.68. The maximum Gasteiger partial charge on any atom is 0.348 e. The van der Waals surface area contributed by atoms with E-state index in [2.05, 4.69) is 9.97 Å². The van der Waals surface area contributed by atoms with Gasteiger partial charge in [0, 0.05) is 0 Å². The molecule has 0 saturated carbocycles. The van der Waals surface area contributed by atoms with Gasteiger partial charge in [-0.3, -0.25) is 14.9 Å². The van der Waals surface area contributed by atoms with Crippen LogP contribution in [0.3, 0.4) is 0 Å². The first-order chi connectivity index (χ1) is 13.3. The zero-order valence-electron chi connectivity index (χ0n) is 15.2. The number of nitriles is 1. The number of benzene rings is 1. The zero-order chi connectivity index (χ0) is 20.8. The molecule has 146 valence electrons. The highest BCUT2D eigenvalue weighted by molar-refractivity contribution is 7.98. The van der Waals surface area contributed by atoms with E-state index in [1.54, 1.807) is 37.4 Å². The van der Waals surface area contributed by atoms with Crippen LogP contribution in [-0.2, 0) is 9.53 Å². The van der Waals surface area contributed by atoms with Gasteiger partial charge < -0.3 is 9.64 Å². The Balaban J connectivity index is 2.62.